The van der Waals surface area contributed by atoms with E-state index in [0.29, 0.717) is 11.1 Å². The number of carbonyl (C=O) groups is 1. The predicted molar refractivity (Wildman–Crippen MR) is 127 cm³/mol. The maximum atomic E-state index is 13.4. The Bertz CT molecular complexity index is 983. The van der Waals surface area contributed by atoms with Gasteiger partial charge >= 0.3 is 5.97 Å². The first kappa shape index (κ1) is 23.0. The summed E-state index contributed by atoms with van der Waals surface area (Å²) >= 11 is 0. The van der Waals surface area contributed by atoms with E-state index in [0.717, 1.165) is 31.4 Å². The Morgan fingerprint density at radius 2 is 1.72 bits per heavy atom. The van der Waals surface area contributed by atoms with Gasteiger partial charge < -0.3 is 9.30 Å². The van der Waals surface area contributed by atoms with Crippen LogP contribution in [0.2, 0.25) is 0 Å². The van der Waals surface area contributed by atoms with Crippen molar-refractivity contribution in [2.45, 2.75) is 89.6 Å². The molecule has 2 aromatic rings. The van der Waals surface area contributed by atoms with Crippen LogP contribution in [0, 0.1) is 0 Å². The van der Waals surface area contributed by atoms with Gasteiger partial charge in [0, 0.05) is 24.7 Å². The lowest BCUT2D eigenvalue weighted by Gasteiger charge is -2.48. The highest BCUT2D eigenvalue weighted by atomic mass is 16.5. The minimum absolute atomic E-state index is 0.0716. The molecule has 0 unspecified atom stereocenters. The molecule has 1 aliphatic heterocycles. The highest BCUT2D eigenvalue weighted by molar-refractivity contribution is 5.89. The summed E-state index contributed by atoms with van der Waals surface area (Å²) in [7, 11) is 0. The zero-order chi connectivity index (χ0) is 22.6. The number of benzene rings is 1. The van der Waals surface area contributed by atoms with Crippen LogP contribution < -0.4 is 5.56 Å². The van der Waals surface area contributed by atoms with Crippen LogP contribution in [0.3, 0.4) is 0 Å². The van der Waals surface area contributed by atoms with E-state index >= 15 is 0 Å². The number of esters is 1. The fraction of sp³-hybridized carbons (Fsp3) is 0.654. The third-order valence-electron chi connectivity index (χ3n) is 7.71. The quantitative estimate of drug-likeness (QED) is 0.606. The lowest BCUT2D eigenvalue weighted by Crippen LogP contribution is -2.52. The topological polar surface area (TPSA) is 64.4 Å². The molecule has 4 rings (SSSR count). The van der Waals surface area contributed by atoms with E-state index in [9.17, 15) is 9.59 Å². The maximum absolute atomic E-state index is 13.4. The number of hydrogen-bond acceptors (Lipinski definition) is 5. The lowest BCUT2D eigenvalue weighted by molar-refractivity contribution is 0.0269. The van der Waals surface area contributed by atoms with E-state index < -0.39 is 5.97 Å². The van der Waals surface area contributed by atoms with Gasteiger partial charge in [0.05, 0.1) is 17.6 Å². The van der Waals surface area contributed by atoms with Crippen molar-refractivity contribution in [2.75, 3.05) is 19.7 Å². The Balaban J connectivity index is 1.61. The van der Waals surface area contributed by atoms with Crippen LogP contribution in [0.5, 0.6) is 0 Å². The molecule has 0 N–H and O–H groups in total. The lowest BCUT2D eigenvalue weighted by atomic mass is 9.79. The van der Waals surface area contributed by atoms with Crippen LogP contribution in [-0.2, 0) is 4.74 Å². The van der Waals surface area contributed by atoms with Gasteiger partial charge in [-0.15, -0.1) is 0 Å². The summed E-state index contributed by atoms with van der Waals surface area (Å²) < 4.78 is 6.95. The van der Waals surface area contributed by atoms with Crippen molar-refractivity contribution in [1.82, 2.24) is 14.5 Å². The smallest absolute Gasteiger partial charge is 0.362 e. The second kappa shape index (κ2) is 10.2. The molecule has 0 amide bonds. The molecule has 0 spiro atoms. The molecule has 0 atom stereocenters. The fourth-order valence-electron chi connectivity index (χ4n) is 5.90. The summed E-state index contributed by atoms with van der Waals surface area (Å²) in [6, 6.07) is 7.69. The monoisotopic (exact) mass is 439 g/mol. The highest BCUT2D eigenvalue weighted by Gasteiger charge is 2.37. The minimum Gasteiger partial charge on any atom is -0.461 e. The van der Waals surface area contributed by atoms with Gasteiger partial charge in [-0.25, -0.2) is 9.78 Å². The van der Waals surface area contributed by atoms with Crippen molar-refractivity contribution < 1.29 is 9.53 Å². The number of carbonyl (C=O) groups excluding carboxylic acids is 1. The van der Waals surface area contributed by atoms with Gasteiger partial charge in [0.1, 0.15) is 0 Å². The number of aromatic nitrogens is 2. The van der Waals surface area contributed by atoms with Crippen molar-refractivity contribution in [3.63, 3.8) is 0 Å². The number of likely N-dealkylation sites (tertiary alicyclic amines) is 1. The van der Waals surface area contributed by atoms with Gasteiger partial charge in [0.25, 0.3) is 5.56 Å². The summed E-state index contributed by atoms with van der Waals surface area (Å²) in [5, 5.41) is 0. The molecule has 32 heavy (non-hydrogen) atoms. The van der Waals surface area contributed by atoms with Crippen molar-refractivity contribution >= 4 is 17.0 Å². The summed E-state index contributed by atoms with van der Waals surface area (Å²) in [5.74, 6) is -0.631. The van der Waals surface area contributed by atoms with E-state index in [1.54, 1.807) is 6.92 Å². The first-order valence-corrected chi connectivity index (χ1v) is 12.5. The molecule has 1 aromatic carbocycles. The largest absolute Gasteiger partial charge is 0.461 e. The zero-order valence-corrected chi connectivity index (χ0v) is 19.6. The van der Waals surface area contributed by atoms with Gasteiger partial charge in [-0.3, -0.25) is 9.69 Å². The molecule has 1 aromatic heterocycles. The SMILES string of the molecule is CCOC(=O)c1nc2ccccc2n(C2CCN(C3(CC)CCCCCCC3)CC2)c1=O. The van der Waals surface area contributed by atoms with Crippen LogP contribution >= 0.6 is 0 Å². The molecule has 2 fully saturated rings. The number of para-hydroxylation sites is 2. The van der Waals surface area contributed by atoms with Gasteiger partial charge in [-0.2, -0.15) is 0 Å². The number of ether oxygens (including phenoxy) is 1. The van der Waals surface area contributed by atoms with Crippen LogP contribution in [0.1, 0.15) is 94.6 Å². The Hall–Kier alpha value is -2.21. The molecule has 0 radical (unpaired) electrons. The van der Waals surface area contributed by atoms with Crippen molar-refractivity contribution in [3.8, 4) is 0 Å². The summed E-state index contributed by atoms with van der Waals surface area (Å²) in [5.41, 5.74) is 1.37. The molecule has 6 nitrogen and oxygen atoms in total. The number of piperidine rings is 1. The summed E-state index contributed by atoms with van der Waals surface area (Å²) in [6.45, 7) is 6.31. The first-order chi connectivity index (χ1) is 15.6. The summed E-state index contributed by atoms with van der Waals surface area (Å²) in [4.78, 5) is 32.9. The molecule has 1 saturated heterocycles. The molecule has 2 heterocycles. The molecular weight excluding hydrogens is 402 g/mol. The molecule has 6 heteroatoms. The van der Waals surface area contributed by atoms with Crippen LogP contribution in [-0.4, -0.2) is 45.7 Å². The van der Waals surface area contributed by atoms with E-state index in [1.165, 1.54) is 51.4 Å². The number of rotatable bonds is 5. The average molecular weight is 440 g/mol. The van der Waals surface area contributed by atoms with Gasteiger partial charge in [-0.1, -0.05) is 51.2 Å². The number of nitrogens with zero attached hydrogens (tertiary/aromatic N) is 3. The summed E-state index contributed by atoms with van der Waals surface area (Å²) in [6.07, 6.45) is 12.3. The van der Waals surface area contributed by atoms with E-state index in [2.05, 4.69) is 16.8 Å². The highest BCUT2D eigenvalue weighted by Crippen LogP contribution is 2.38. The van der Waals surface area contributed by atoms with Crippen molar-refractivity contribution in [2.24, 2.45) is 0 Å². The second-order valence-corrected chi connectivity index (χ2v) is 9.41. The first-order valence-electron chi connectivity index (χ1n) is 12.5. The number of hydrogen-bond donors (Lipinski definition) is 0. The van der Waals surface area contributed by atoms with Crippen LogP contribution in [0.25, 0.3) is 11.0 Å². The van der Waals surface area contributed by atoms with Crippen LogP contribution in [0.4, 0.5) is 0 Å². The Morgan fingerprint density at radius 3 is 2.38 bits per heavy atom. The Morgan fingerprint density at radius 1 is 1.06 bits per heavy atom. The van der Waals surface area contributed by atoms with E-state index in [-0.39, 0.29) is 23.9 Å². The Labute approximate surface area is 191 Å². The average Bonchev–Trinajstić information content (AvgIpc) is 2.79. The number of fused-ring (bicyclic) bond motifs is 1. The predicted octanol–water partition coefficient (Wildman–Crippen LogP) is 5.10. The Kier molecular flexibility index (Phi) is 7.29. The third kappa shape index (κ3) is 4.47. The minimum atomic E-state index is -0.631. The molecule has 0 bridgehead atoms. The molecule has 1 saturated carbocycles. The van der Waals surface area contributed by atoms with Crippen molar-refractivity contribution in [3.05, 3.63) is 40.3 Å². The third-order valence-corrected chi connectivity index (χ3v) is 7.71. The van der Waals surface area contributed by atoms with Crippen molar-refractivity contribution in [1.29, 1.82) is 0 Å². The molecule has 2 aliphatic rings. The molecule has 1 aliphatic carbocycles. The van der Waals surface area contributed by atoms with Gasteiger partial charge in [0.15, 0.2) is 0 Å². The van der Waals surface area contributed by atoms with E-state index in [4.69, 9.17) is 4.74 Å². The van der Waals surface area contributed by atoms with E-state index in [1.807, 2.05) is 28.8 Å². The molecular formula is C26H37N3O3. The maximum Gasteiger partial charge on any atom is 0.362 e. The zero-order valence-electron chi connectivity index (χ0n) is 19.6. The molecule has 174 valence electrons. The van der Waals surface area contributed by atoms with Gasteiger partial charge in [-0.05, 0) is 51.2 Å². The second-order valence-electron chi connectivity index (χ2n) is 9.41. The fourth-order valence-corrected chi connectivity index (χ4v) is 5.90. The van der Waals surface area contributed by atoms with Crippen LogP contribution in [0.15, 0.2) is 29.1 Å². The van der Waals surface area contributed by atoms with Gasteiger partial charge in [0.2, 0.25) is 5.69 Å². The standard InChI is InChI=1S/C26H37N3O3/c1-3-26(16-10-6-5-7-11-17-26)28-18-14-20(15-19-28)29-22-13-9-8-12-21(22)27-23(24(29)30)25(31)32-4-2/h8-9,12-13,20H,3-7,10-11,14-19H2,1-2H3. The normalized spacial score (nSPS) is 20.6.